The number of hydrogen-bond donors (Lipinski definition) is 1. The largest absolute Gasteiger partial charge is 0.374 e. The molecule has 1 spiro atoms. The van der Waals surface area contributed by atoms with E-state index < -0.39 is 0 Å². The van der Waals surface area contributed by atoms with E-state index in [1.54, 1.807) is 0 Å². The van der Waals surface area contributed by atoms with Gasteiger partial charge in [0.05, 0.1) is 23.5 Å². The number of nitrogens with zero attached hydrogens (tertiary/aromatic N) is 2. The highest BCUT2D eigenvalue weighted by Gasteiger charge is 2.53. The summed E-state index contributed by atoms with van der Waals surface area (Å²) in [5.74, 6) is 0.0868. The van der Waals surface area contributed by atoms with Crippen LogP contribution in [0.1, 0.15) is 37.1 Å². The van der Waals surface area contributed by atoms with E-state index in [1.807, 2.05) is 42.1 Å². The molecular formula is C19H23N3O2. The van der Waals surface area contributed by atoms with Crippen molar-refractivity contribution in [2.45, 2.75) is 45.1 Å². The van der Waals surface area contributed by atoms with E-state index in [9.17, 15) is 4.79 Å². The average Bonchev–Trinajstić information content (AvgIpc) is 3.17. The Morgan fingerprint density at radius 2 is 2.08 bits per heavy atom. The molecule has 24 heavy (non-hydrogen) atoms. The highest BCUT2D eigenvalue weighted by molar-refractivity contribution is 5.94. The fourth-order valence-corrected chi connectivity index (χ4v) is 3.87. The molecule has 2 aromatic rings. The van der Waals surface area contributed by atoms with Crippen LogP contribution >= 0.6 is 0 Å². The van der Waals surface area contributed by atoms with E-state index in [2.05, 4.69) is 17.2 Å². The van der Waals surface area contributed by atoms with E-state index in [1.165, 1.54) is 0 Å². The monoisotopic (exact) mass is 325 g/mol. The molecule has 0 bridgehead atoms. The minimum atomic E-state index is -0.171. The van der Waals surface area contributed by atoms with E-state index >= 15 is 0 Å². The van der Waals surface area contributed by atoms with Gasteiger partial charge in [-0.25, -0.2) is 4.98 Å². The number of benzene rings is 1. The van der Waals surface area contributed by atoms with Crippen LogP contribution in [-0.4, -0.2) is 27.7 Å². The third kappa shape index (κ3) is 2.44. The van der Waals surface area contributed by atoms with Crippen LogP contribution in [0.2, 0.25) is 0 Å². The second kappa shape index (κ2) is 5.74. The number of carbonyl (C=O) groups is 1. The molecule has 1 saturated carbocycles. The van der Waals surface area contributed by atoms with Crippen molar-refractivity contribution in [2.75, 3.05) is 11.9 Å². The first-order valence-corrected chi connectivity index (χ1v) is 8.65. The van der Waals surface area contributed by atoms with Gasteiger partial charge in [0.2, 0.25) is 5.91 Å². The number of aryl methyl sites for hydroxylation is 1. The number of carbonyl (C=O) groups excluding carboxylic acids is 1. The van der Waals surface area contributed by atoms with Gasteiger partial charge in [0.15, 0.2) is 0 Å². The smallest absolute Gasteiger partial charge is 0.230 e. The number of nitrogens with one attached hydrogen (secondary N) is 1. The van der Waals surface area contributed by atoms with Gasteiger partial charge in [0.1, 0.15) is 0 Å². The van der Waals surface area contributed by atoms with Crippen molar-refractivity contribution in [1.82, 2.24) is 9.55 Å². The molecule has 5 heteroatoms. The number of hydrogen-bond acceptors (Lipinski definition) is 3. The zero-order chi connectivity index (χ0) is 16.7. The van der Waals surface area contributed by atoms with E-state index in [0.29, 0.717) is 0 Å². The van der Waals surface area contributed by atoms with E-state index in [4.69, 9.17) is 4.74 Å². The van der Waals surface area contributed by atoms with Crippen LogP contribution in [0.3, 0.4) is 0 Å². The number of rotatable bonds is 3. The standard InChI is InChI=1S/C19H23N3O2/c1-13-14(2)22(12-20-13)16-6-4-15(5-7-16)21-18(23)17-8-10-19(17)9-3-11-24-19/h4-7,12,17H,3,8-11H2,1-2H3,(H,21,23). The van der Waals surface area contributed by atoms with Crippen molar-refractivity contribution in [3.05, 3.63) is 42.0 Å². The third-order valence-electron chi connectivity index (χ3n) is 5.61. The highest BCUT2D eigenvalue weighted by atomic mass is 16.5. The number of aromatic nitrogens is 2. The Labute approximate surface area is 142 Å². The number of imidazole rings is 1. The summed E-state index contributed by atoms with van der Waals surface area (Å²) < 4.78 is 7.92. The molecule has 5 nitrogen and oxygen atoms in total. The lowest BCUT2D eigenvalue weighted by molar-refractivity contribution is -0.148. The van der Waals surface area contributed by atoms with Crippen molar-refractivity contribution < 1.29 is 9.53 Å². The van der Waals surface area contributed by atoms with E-state index in [-0.39, 0.29) is 17.4 Å². The van der Waals surface area contributed by atoms with Gasteiger partial charge in [0, 0.05) is 23.7 Å². The molecule has 1 amide bonds. The molecule has 1 saturated heterocycles. The van der Waals surface area contributed by atoms with Gasteiger partial charge in [-0.3, -0.25) is 4.79 Å². The Hall–Kier alpha value is -2.14. The minimum Gasteiger partial charge on any atom is -0.374 e. The Kier molecular flexibility index (Phi) is 3.68. The van der Waals surface area contributed by atoms with Crippen molar-refractivity contribution in [3.8, 4) is 5.69 Å². The van der Waals surface area contributed by atoms with Crippen molar-refractivity contribution in [2.24, 2.45) is 5.92 Å². The second-order valence-electron chi connectivity index (χ2n) is 6.93. The minimum absolute atomic E-state index is 0.00165. The lowest BCUT2D eigenvalue weighted by Gasteiger charge is -2.44. The van der Waals surface area contributed by atoms with E-state index in [0.717, 1.165) is 55.1 Å². The van der Waals surface area contributed by atoms with Crippen LogP contribution in [0.25, 0.3) is 5.69 Å². The summed E-state index contributed by atoms with van der Waals surface area (Å²) in [6, 6.07) is 7.91. The SMILES string of the molecule is Cc1ncn(-c2ccc(NC(=O)C3CCC34CCCO4)cc2)c1C. The third-order valence-corrected chi connectivity index (χ3v) is 5.61. The molecule has 1 aliphatic heterocycles. The molecule has 2 fully saturated rings. The summed E-state index contributed by atoms with van der Waals surface area (Å²) in [5.41, 5.74) is 3.86. The molecule has 1 aliphatic carbocycles. The molecule has 4 rings (SSSR count). The molecule has 1 aromatic heterocycles. The second-order valence-corrected chi connectivity index (χ2v) is 6.93. The first kappa shape index (κ1) is 15.4. The molecule has 2 heterocycles. The molecule has 0 radical (unpaired) electrons. The zero-order valence-electron chi connectivity index (χ0n) is 14.2. The van der Waals surface area contributed by atoms with Crippen molar-refractivity contribution in [1.29, 1.82) is 0 Å². The van der Waals surface area contributed by atoms with Gasteiger partial charge in [-0.1, -0.05) is 0 Å². The normalized spacial score (nSPS) is 25.7. The summed E-state index contributed by atoms with van der Waals surface area (Å²) in [7, 11) is 0. The predicted molar refractivity (Wildman–Crippen MR) is 92.3 cm³/mol. The Balaban J connectivity index is 1.46. The maximum atomic E-state index is 12.6. The van der Waals surface area contributed by atoms with Gasteiger partial charge in [-0.05, 0) is 63.8 Å². The summed E-state index contributed by atoms with van der Waals surface area (Å²) in [4.78, 5) is 16.9. The first-order valence-electron chi connectivity index (χ1n) is 8.65. The average molecular weight is 325 g/mol. The summed E-state index contributed by atoms with van der Waals surface area (Å²) in [5, 5.41) is 3.05. The Morgan fingerprint density at radius 1 is 1.29 bits per heavy atom. The summed E-state index contributed by atoms with van der Waals surface area (Å²) in [6.45, 7) is 4.85. The fourth-order valence-electron chi connectivity index (χ4n) is 3.87. The number of amides is 1. The van der Waals surface area contributed by atoms with Gasteiger partial charge < -0.3 is 14.6 Å². The molecular weight excluding hydrogens is 302 g/mol. The van der Waals surface area contributed by atoms with Gasteiger partial charge in [0.25, 0.3) is 0 Å². The molecule has 126 valence electrons. The maximum absolute atomic E-state index is 12.6. The molecule has 2 atom stereocenters. The van der Waals surface area contributed by atoms with Crippen LogP contribution in [0.4, 0.5) is 5.69 Å². The molecule has 2 aliphatic rings. The quantitative estimate of drug-likeness (QED) is 0.941. The molecule has 2 unspecified atom stereocenters. The maximum Gasteiger partial charge on any atom is 0.230 e. The predicted octanol–water partition coefficient (Wildman–Crippen LogP) is 3.39. The van der Waals surface area contributed by atoms with Crippen LogP contribution in [-0.2, 0) is 9.53 Å². The zero-order valence-corrected chi connectivity index (χ0v) is 14.2. The van der Waals surface area contributed by atoms with Gasteiger partial charge >= 0.3 is 0 Å². The van der Waals surface area contributed by atoms with Crippen LogP contribution in [0.15, 0.2) is 30.6 Å². The molecule has 1 N–H and O–H groups in total. The highest BCUT2D eigenvalue weighted by Crippen LogP contribution is 2.48. The topological polar surface area (TPSA) is 56.2 Å². The Bertz CT molecular complexity index is 757. The van der Waals surface area contributed by atoms with Gasteiger partial charge in [-0.2, -0.15) is 0 Å². The van der Waals surface area contributed by atoms with Crippen LogP contribution in [0, 0.1) is 19.8 Å². The summed E-state index contributed by atoms with van der Waals surface area (Å²) in [6.07, 6.45) is 5.86. The van der Waals surface area contributed by atoms with Crippen LogP contribution in [0.5, 0.6) is 0 Å². The summed E-state index contributed by atoms with van der Waals surface area (Å²) >= 11 is 0. The van der Waals surface area contributed by atoms with Crippen molar-refractivity contribution >= 4 is 11.6 Å². The Morgan fingerprint density at radius 3 is 2.62 bits per heavy atom. The van der Waals surface area contributed by atoms with Crippen molar-refractivity contribution in [3.63, 3.8) is 0 Å². The van der Waals surface area contributed by atoms with Gasteiger partial charge in [-0.15, -0.1) is 0 Å². The van der Waals surface area contributed by atoms with Crippen LogP contribution < -0.4 is 5.32 Å². The molecule has 1 aromatic carbocycles. The fraction of sp³-hybridized carbons (Fsp3) is 0.474. The number of ether oxygens (including phenoxy) is 1. The lowest BCUT2D eigenvalue weighted by atomic mass is 9.67. The number of anilines is 1. The first-order chi connectivity index (χ1) is 11.6. The lowest BCUT2D eigenvalue weighted by Crippen LogP contribution is -2.52.